The van der Waals surface area contributed by atoms with Gasteiger partial charge in [-0.15, -0.1) is 0 Å². The molecule has 0 radical (unpaired) electrons. The number of carbonyl (C=O) groups excluding carboxylic acids is 1. The Morgan fingerprint density at radius 1 is 0.516 bits per heavy atom. The molecule has 62 heavy (non-hydrogen) atoms. The third-order valence-corrected chi connectivity index (χ3v) is 8.75. The van der Waals surface area contributed by atoms with Crippen LogP contribution in [-0.4, -0.2) is 79.0 Å². The minimum Gasteiger partial charge on any atom is -0.478 e. The number of nitrogens with zero attached hydrogens (tertiary/aromatic N) is 8. The Balaban J connectivity index is 0.000000714. The summed E-state index contributed by atoms with van der Waals surface area (Å²) in [5, 5.41) is 22.4. The molecule has 0 aliphatic carbocycles. The van der Waals surface area contributed by atoms with Crippen LogP contribution in [0.5, 0.6) is 0 Å². The van der Waals surface area contributed by atoms with Crippen LogP contribution in [0.15, 0.2) is 121 Å². The van der Waals surface area contributed by atoms with Gasteiger partial charge in [0.15, 0.2) is 5.78 Å². The molecule has 3 N–H and O–H groups in total. The van der Waals surface area contributed by atoms with Crippen molar-refractivity contribution in [3.05, 3.63) is 145 Å². The molecule has 334 valence electrons. The Morgan fingerprint density at radius 3 is 0.855 bits per heavy atom. The fraction of sp³-hybridized carbons (Fsp3) is 0.306. The number of allylic oxidation sites excluding steroid dienone is 3. The minimum absolute atomic E-state index is 0. The number of aliphatic hydroxyl groups excluding tert-OH is 2. The van der Waals surface area contributed by atoms with Crippen LogP contribution in [0.1, 0.15) is 58.4 Å². The lowest BCUT2D eigenvalue weighted by Gasteiger charge is -1.93. The Labute approximate surface area is 367 Å². The van der Waals surface area contributed by atoms with Crippen molar-refractivity contribution in [3.8, 4) is 0 Å². The van der Waals surface area contributed by atoms with Gasteiger partial charge >= 0.3 is 5.97 Å². The summed E-state index contributed by atoms with van der Waals surface area (Å²) in [6, 6.07) is 32.6. The average molecular weight is 849 g/mol. The van der Waals surface area contributed by atoms with Crippen LogP contribution in [0.25, 0.3) is 44.1 Å². The number of benzene rings is 4. The Kier molecular flexibility index (Phi) is 26.3. The number of hydrogen-bond donors (Lipinski definition) is 3. The van der Waals surface area contributed by atoms with Crippen molar-refractivity contribution in [2.75, 3.05) is 13.7 Å². The number of rotatable bonds is 2. The van der Waals surface area contributed by atoms with Gasteiger partial charge in [0.1, 0.15) is 23.3 Å². The summed E-state index contributed by atoms with van der Waals surface area (Å²) in [6.07, 6.45) is 5.81. The van der Waals surface area contributed by atoms with Gasteiger partial charge in [-0.1, -0.05) is 68.1 Å². The maximum absolute atomic E-state index is 9.96. The summed E-state index contributed by atoms with van der Waals surface area (Å²) in [6.45, 7) is 15.0. The average Bonchev–Trinajstić information content (AvgIpc) is 3.92. The molecule has 0 aliphatic rings. The van der Waals surface area contributed by atoms with Crippen molar-refractivity contribution in [3.63, 3.8) is 0 Å². The number of carboxylic acids is 1. The first kappa shape index (κ1) is 55.3. The molecule has 4 heterocycles. The zero-order chi connectivity index (χ0) is 46.1. The standard InChI is InChI=1S/4C9H10N2.C5H8O.C4H6O2.C2H6O.CH4O.CH4/c4*1-7-10-8-5-3-4-6-9(8)11(7)2;1-3-4-5(2)6;1-2-3-4(5)6;1-2-3;1-2;/h4*3-6H,1-2H3;3-4H,1-2H3;2-3H,1H3,(H,5,6);3H,2H2,1H3;2H,1H3;1H4/b;;;;4-3+;3-2+;;;. The molecule has 0 unspecified atom stereocenters. The lowest BCUT2D eigenvalue weighted by atomic mass is 10.3. The van der Waals surface area contributed by atoms with Gasteiger partial charge in [0.05, 0.1) is 44.1 Å². The molecule has 0 bridgehead atoms. The number of aromatic nitrogens is 8. The zero-order valence-electron chi connectivity index (χ0n) is 38.0. The smallest absolute Gasteiger partial charge is 0.327 e. The maximum atomic E-state index is 9.96. The van der Waals surface area contributed by atoms with Crippen LogP contribution in [0.2, 0.25) is 0 Å². The molecule has 13 heteroatoms. The molecule has 4 aromatic carbocycles. The van der Waals surface area contributed by atoms with Gasteiger partial charge in [0.25, 0.3) is 0 Å². The molecule has 0 aliphatic heterocycles. The first-order chi connectivity index (χ1) is 29.1. The number of carbonyl (C=O) groups is 2. The number of aliphatic hydroxyl groups is 2. The summed E-state index contributed by atoms with van der Waals surface area (Å²) in [7, 11) is 9.13. The van der Waals surface area contributed by atoms with Crippen molar-refractivity contribution in [2.24, 2.45) is 28.2 Å². The summed E-state index contributed by atoms with van der Waals surface area (Å²) in [5.41, 5.74) is 9.10. The number of ketones is 1. The van der Waals surface area contributed by atoms with Gasteiger partial charge in [-0.25, -0.2) is 24.7 Å². The largest absolute Gasteiger partial charge is 0.478 e. The summed E-state index contributed by atoms with van der Waals surface area (Å²) >= 11 is 0. The first-order valence-corrected chi connectivity index (χ1v) is 19.7. The number of aliphatic carboxylic acids is 1. The van der Waals surface area contributed by atoms with Gasteiger partial charge in [-0.05, 0) is 110 Å². The van der Waals surface area contributed by atoms with E-state index < -0.39 is 5.97 Å². The molecular formula is C49H68N8O5. The Morgan fingerprint density at radius 2 is 0.726 bits per heavy atom. The number of hydrogen-bond acceptors (Lipinski definition) is 8. The fourth-order valence-electron chi connectivity index (χ4n) is 5.44. The van der Waals surface area contributed by atoms with Crippen LogP contribution < -0.4 is 0 Å². The van der Waals surface area contributed by atoms with E-state index in [1.165, 1.54) is 41.1 Å². The molecule has 0 atom stereocenters. The van der Waals surface area contributed by atoms with E-state index in [0.717, 1.165) is 58.6 Å². The van der Waals surface area contributed by atoms with Gasteiger partial charge in [-0.2, -0.15) is 0 Å². The van der Waals surface area contributed by atoms with E-state index in [1.807, 2.05) is 136 Å². The Hall–Kier alpha value is -6.70. The van der Waals surface area contributed by atoms with E-state index in [4.69, 9.17) is 15.3 Å². The number of aryl methyl sites for hydroxylation is 8. The molecule has 8 aromatic rings. The highest BCUT2D eigenvalue weighted by molar-refractivity contribution is 5.87. The van der Waals surface area contributed by atoms with Crippen LogP contribution >= 0.6 is 0 Å². The normalized spacial score (nSPS) is 9.85. The molecule has 13 nitrogen and oxygen atoms in total. The van der Waals surface area contributed by atoms with Crippen molar-refractivity contribution in [1.82, 2.24) is 38.2 Å². The highest BCUT2D eigenvalue weighted by atomic mass is 16.4. The molecular weight excluding hydrogens is 781 g/mol. The summed E-state index contributed by atoms with van der Waals surface area (Å²) < 4.78 is 8.37. The highest BCUT2D eigenvalue weighted by Gasteiger charge is 2.03. The topological polar surface area (TPSA) is 166 Å². The molecule has 0 saturated heterocycles. The van der Waals surface area contributed by atoms with Crippen molar-refractivity contribution in [1.29, 1.82) is 0 Å². The lowest BCUT2D eigenvalue weighted by molar-refractivity contribution is -0.131. The minimum atomic E-state index is -0.891. The number of para-hydroxylation sites is 8. The molecule has 4 aromatic heterocycles. The maximum Gasteiger partial charge on any atom is 0.327 e. The molecule has 0 fully saturated rings. The highest BCUT2D eigenvalue weighted by Crippen LogP contribution is 2.15. The van der Waals surface area contributed by atoms with Crippen LogP contribution in [-0.2, 0) is 37.8 Å². The van der Waals surface area contributed by atoms with E-state index in [1.54, 1.807) is 19.9 Å². The molecule has 8 rings (SSSR count). The van der Waals surface area contributed by atoms with E-state index >= 15 is 0 Å². The van der Waals surface area contributed by atoms with Crippen molar-refractivity contribution in [2.45, 2.75) is 62.8 Å². The number of imidazole rings is 4. The van der Waals surface area contributed by atoms with Gasteiger partial charge in [-0.3, -0.25) is 4.79 Å². The predicted molar refractivity (Wildman–Crippen MR) is 257 cm³/mol. The molecule has 0 spiro atoms. The van der Waals surface area contributed by atoms with Crippen LogP contribution in [0.3, 0.4) is 0 Å². The molecule has 0 amide bonds. The van der Waals surface area contributed by atoms with Crippen molar-refractivity contribution >= 4 is 55.9 Å². The lowest BCUT2D eigenvalue weighted by Crippen LogP contribution is -1.89. The quantitative estimate of drug-likeness (QED) is 0.144. The fourth-order valence-corrected chi connectivity index (χ4v) is 5.44. The first-order valence-electron chi connectivity index (χ1n) is 19.7. The predicted octanol–water partition coefficient (Wildman–Crippen LogP) is 9.57. The third kappa shape index (κ3) is 17.5. The van der Waals surface area contributed by atoms with Gasteiger partial charge in [0.2, 0.25) is 0 Å². The van der Waals surface area contributed by atoms with E-state index in [9.17, 15) is 9.59 Å². The second kappa shape index (κ2) is 29.5. The van der Waals surface area contributed by atoms with E-state index in [2.05, 4.69) is 62.5 Å². The summed E-state index contributed by atoms with van der Waals surface area (Å²) in [4.78, 5) is 37.0. The second-order valence-corrected chi connectivity index (χ2v) is 13.1. The zero-order valence-corrected chi connectivity index (χ0v) is 38.0. The second-order valence-electron chi connectivity index (χ2n) is 13.1. The van der Waals surface area contributed by atoms with Crippen LogP contribution in [0, 0.1) is 27.7 Å². The third-order valence-electron chi connectivity index (χ3n) is 8.75. The molecule has 0 saturated carbocycles. The van der Waals surface area contributed by atoms with Crippen LogP contribution in [0.4, 0.5) is 0 Å². The van der Waals surface area contributed by atoms with Gasteiger partial charge < -0.3 is 33.6 Å². The number of fused-ring (bicyclic) bond motifs is 4. The monoisotopic (exact) mass is 849 g/mol. The van der Waals surface area contributed by atoms with Gasteiger partial charge in [0, 0.05) is 48.0 Å². The number of carboxylic acid groups (broad SMARTS) is 1. The van der Waals surface area contributed by atoms with E-state index in [0.29, 0.717) is 0 Å². The van der Waals surface area contributed by atoms with E-state index in [-0.39, 0.29) is 19.8 Å². The van der Waals surface area contributed by atoms with Crippen molar-refractivity contribution < 1.29 is 24.9 Å². The SMILES string of the molecule is C.C/C=C/C(=O)O.C/C=C/C(C)=O.CCO.CO.Cc1nc2ccccc2n1C.Cc1nc2ccccc2n1C.Cc1nc2ccccc2n1C.Cc1nc2ccccc2n1C. The Bertz CT molecular complexity index is 2260. The summed E-state index contributed by atoms with van der Waals surface area (Å²) in [5.74, 6) is 3.46.